The Morgan fingerprint density at radius 1 is 1.20 bits per heavy atom. The van der Waals surface area contributed by atoms with Crippen LogP contribution in [0.3, 0.4) is 0 Å². The molecule has 0 spiro atoms. The first-order valence-electron chi connectivity index (χ1n) is 6.63. The quantitative estimate of drug-likeness (QED) is 0.912. The molecule has 0 aliphatic rings. The van der Waals surface area contributed by atoms with Crippen LogP contribution >= 0.6 is 0 Å². The Morgan fingerprint density at radius 3 is 2.60 bits per heavy atom. The summed E-state index contributed by atoms with van der Waals surface area (Å²) in [5, 5.41) is 18.8. The highest BCUT2D eigenvalue weighted by Gasteiger charge is 2.12. The minimum atomic E-state index is -0.647. The highest BCUT2D eigenvalue weighted by atomic mass is 16.5. The van der Waals surface area contributed by atoms with Gasteiger partial charge in [-0.1, -0.05) is 31.2 Å². The summed E-state index contributed by atoms with van der Waals surface area (Å²) in [6.45, 7) is 3.74. The van der Waals surface area contributed by atoms with E-state index in [9.17, 15) is 5.11 Å². The van der Waals surface area contributed by atoms with Gasteiger partial charge in [-0.3, -0.25) is 0 Å². The van der Waals surface area contributed by atoms with Gasteiger partial charge in [-0.05, 0) is 37.1 Å². The minimum absolute atomic E-state index is 0.512. The standard InChI is InChI=1S/C17H17NO2/c1-3-14-6-4-5-7-16(14)20-17-10-13(11-18)8-9-15(17)12(2)19/h4-10,12,19H,3H2,1-2H3. The molecular weight excluding hydrogens is 250 g/mol. The van der Waals surface area contributed by atoms with Crippen molar-refractivity contribution in [2.45, 2.75) is 26.4 Å². The summed E-state index contributed by atoms with van der Waals surface area (Å²) in [6.07, 6.45) is 0.213. The lowest BCUT2D eigenvalue weighted by Crippen LogP contribution is -1.98. The molecule has 0 bridgehead atoms. The van der Waals surface area contributed by atoms with E-state index in [-0.39, 0.29) is 0 Å². The maximum absolute atomic E-state index is 9.81. The highest BCUT2D eigenvalue weighted by molar-refractivity contribution is 5.46. The zero-order valence-electron chi connectivity index (χ0n) is 11.6. The summed E-state index contributed by atoms with van der Waals surface area (Å²) in [4.78, 5) is 0. The van der Waals surface area contributed by atoms with E-state index >= 15 is 0 Å². The average Bonchev–Trinajstić information content (AvgIpc) is 2.47. The number of hydrogen-bond donors (Lipinski definition) is 1. The largest absolute Gasteiger partial charge is 0.457 e. The van der Waals surface area contributed by atoms with Crippen molar-refractivity contribution in [1.82, 2.24) is 0 Å². The van der Waals surface area contributed by atoms with Gasteiger partial charge in [0.2, 0.25) is 0 Å². The highest BCUT2D eigenvalue weighted by Crippen LogP contribution is 2.32. The number of hydrogen-bond acceptors (Lipinski definition) is 3. The van der Waals surface area contributed by atoms with Crippen molar-refractivity contribution >= 4 is 0 Å². The fourth-order valence-corrected chi connectivity index (χ4v) is 2.05. The number of benzene rings is 2. The van der Waals surface area contributed by atoms with Crippen LogP contribution in [0.15, 0.2) is 42.5 Å². The number of aryl methyl sites for hydroxylation is 1. The Balaban J connectivity index is 2.44. The van der Waals surface area contributed by atoms with Crippen molar-refractivity contribution in [3.63, 3.8) is 0 Å². The number of nitrogens with zero attached hydrogens (tertiary/aromatic N) is 1. The number of aliphatic hydroxyl groups excluding tert-OH is 1. The van der Waals surface area contributed by atoms with E-state index < -0.39 is 6.10 Å². The Labute approximate surface area is 119 Å². The van der Waals surface area contributed by atoms with Crippen LogP contribution in [-0.2, 0) is 6.42 Å². The molecule has 1 atom stereocenters. The maximum Gasteiger partial charge on any atom is 0.134 e. The first-order chi connectivity index (χ1) is 9.65. The van der Waals surface area contributed by atoms with Crippen LogP contribution in [0.1, 0.15) is 36.6 Å². The van der Waals surface area contributed by atoms with Crippen molar-refractivity contribution in [2.75, 3.05) is 0 Å². The molecule has 20 heavy (non-hydrogen) atoms. The van der Waals surface area contributed by atoms with Gasteiger partial charge in [-0.2, -0.15) is 5.26 Å². The minimum Gasteiger partial charge on any atom is -0.457 e. The van der Waals surface area contributed by atoms with E-state index in [0.717, 1.165) is 17.7 Å². The zero-order chi connectivity index (χ0) is 14.5. The summed E-state index contributed by atoms with van der Waals surface area (Å²) in [5.41, 5.74) is 2.28. The molecule has 1 N–H and O–H groups in total. The lowest BCUT2D eigenvalue weighted by molar-refractivity contribution is 0.195. The number of para-hydroxylation sites is 1. The van der Waals surface area contributed by atoms with E-state index in [4.69, 9.17) is 10.00 Å². The number of rotatable bonds is 4. The summed E-state index contributed by atoms with van der Waals surface area (Å²) >= 11 is 0. The van der Waals surface area contributed by atoms with Crippen LogP contribution in [-0.4, -0.2) is 5.11 Å². The van der Waals surface area contributed by atoms with Crippen LogP contribution in [0.4, 0.5) is 0 Å². The molecule has 2 aromatic rings. The molecule has 0 aliphatic heterocycles. The summed E-state index contributed by atoms with van der Waals surface area (Å²) in [5.74, 6) is 1.28. The van der Waals surface area contributed by atoms with E-state index in [1.54, 1.807) is 25.1 Å². The smallest absolute Gasteiger partial charge is 0.134 e. The molecule has 2 rings (SSSR count). The fourth-order valence-electron chi connectivity index (χ4n) is 2.05. The second-order valence-corrected chi connectivity index (χ2v) is 4.60. The van der Waals surface area contributed by atoms with E-state index in [2.05, 4.69) is 13.0 Å². The van der Waals surface area contributed by atoms with Gasteiger partial charge < -0.3 is 9.84 Å². The molecule has 0 amide bonds. The number of aliphatic hydroxyl groups is 1. The molecule has 0 aliphatic carbocycles. The second kappa shape index (κ2) is 6.23. The normalized spacial score (nSPS) is 11.7. The monoisotopic (exact) mass is 267 g/mol. The summed E-state index contributed by atoms with van der Waals surface area (Å²) in [6, 6.07) is 14.9. The maximum atomic E-state index is 9.81. The predicted molar refractivity (Wildman–Crippen MR) is 77.7 cm³/mol. The van der Waals surface area contributed by atoms with Gasteiger partial charge >= 0.3 is 0 Å². The Bertz CT molecular complexity index is 642. The van der Waals surface area contributed by atoms with Gasteiger partial charge in [0.15, 0.2) is 0 Å². The number of ether oxygens (including phenoxy) is 1. The van der Waals surface area contributed by atoms with Gasteiger partial charge in [0.1, 0.15) is 11.5 Å². The lowest BCUT2D eigenvalue weighted by Gasteiger charge is -2.15. The van der Waals surface area contributed by atoms with E-state index in [1.165, 1.54) is 0 Å². The van der Waals surface area contributed by atoms with Crippen LogP contribution in [0.25, 0.3) is 0 Å². The Kier molecular flexibility index (Phi) is 4.39. The third kappa shape index (κ3) is 2.98. The van der Waals surface area contributed by atoms with Crippen molar-refractivity contribution in [3.05, 3.63) is 59.2 Å². The number of nitriles is 1. The average molecular weight is 267 g/mol. The fraction of sp³-hybridized carbons (Fsp3) is 0.235. The second-order valence-electron chi connectivity index (χ2n) is 4.60. The molecule has 0 saturated carbocycles. The van der Waals surface area contributed by atoms with Gasteiger partial charge in [-0.25, -0.2) is 0 Å². The molecule has 1 unspecified atom stereocenters. The van der Waals surface area contributed by atoms with Crippen LogP contribution in [0.2, 0.25) is 0 Å². The lowest BCUT2D eigenvalue weighted by atomic mass is 10.1. The molecule has 3 heteroatoms. The molecule has 0 fully saturated rings. The molecule has 3 nitrogen and oxygen atoms in total. The Hall–Kier alpha value is -2.31. The van der Waals surface area contributed by atoms with Crippen molar-refractivity contribution < 1.29 is 9.84 Å². The van der Waals surface area contributed by atoms with E-state index in [0.29, 0.717) is 16.9 Å². The zero-order valence-corrected chi connectivity index (χ0v) is 11.6. The topological polar surface area (TPSA) is 53.2 Å². The van der Waals surface area contributed by atoms with Crippen LogP contribution < -0.4 is 4.74 Å². The van der Waals surface area contributed by atoms with Gasteiger partial charge in [0, 0.05) is 5.56 Å². The molecule has 2 aromatic carbocycles. The summed E-state index contributed by atoms with van der Waals surface area (Å²) < 4.78 is 5.92. The molecule has 0 radical (unpaired) electrons. The molecule has 0 saturated heterocycles. The molecule has 0 aromatic heterocycles. The van der Waals surface area contributed by atoms with Crippen molar-refractivity contribution in [2.24, 2.45) is 0 Å². The molecular formula is C17H17NO2. The van der Waals surface area contributed by atoms with Crippen LogP contribution in [0.5, 0.6) is 11.5 Å². The van der Waals surface area contributed by atoms with Crippen LogP contribution in [0, 0.1) is 11.3 Å². The first kappa shape index (κ1) is 14.1. The first-order valence-corrected chi connectivity index (χ1v) is 6.63. The van der Waals surface area contributed by atoms with Gasteiger partial charge in [0.05, 0.1) is 17.7 Å². The SMILES string of the molecule is CCc1ccccc1Oc1cc(C#N)ccc1C(C)O. The Morgan fingerprint density at radius 2 is 1.95 bits per heavy atom. The van der Waals surface area contributed by atoms with Crippen molar-refractivity contribution in [1.29, 1.82) is 5.26 Å². The third-order valence-electron chi connectivity index (χ3n) is 3.17. The molecule has 0 heterocycles. The van der Waals surface area contributed by atoms with Gasteiger partial charge in [0.25, 0.3) is 0 Å². The van der Waals surface area contributed by atoms with E-state index in [1.807, 2.05) is 24.3 Å². The van der Waals surface area contributed by atoms with Crippen molar-refractivity contribution in [3.8, 4) is 17.6 Å². The summed E-state index contributed by atoms with van der Waals surface area (Å²) in [7, 11) is 0. The third-order valence-corrected chi connectivity index (χ3v) is 3.17. The molecule has 102 valence electrons. The predicted octanol–water partition coefficient (Wildman–Crippen LogP) is 3.97. The van der Waals surface area contributed by atoms with Gasteiger partial charge in [-0.15, -0.1) is 0 Å².